The first-order valence-electron chi connectivity index (χ1n) is 8.72. The molecule has 0 atom stereocenters. The highest BCUT2D eigenvalue weighted by Gasteiger charge is 2.11. The monoisotopic (exact) mass is 396 g/mol. The van der Waals surface area contributed by atoms with Crippen LogP contribution >= 0.6 is 11.6 Å². The van der Waals surface area contributed by atoms with Crippen LogP contribution in [0.15, 0.2) is 42.1 Å². The van der Waals surface area contributed by atoms with E-state index in [1.54, 1.807) is 14.2 Å². The van der Waals surface area contributed by atoms with Crippen molar-refractivity contribution in [3.8, 4) is 23.0 Å². The number of halogens is 1. The summed E-state index contributed by atoms with van der Waals surface area (Å²) in [6.45, 7) is 8.68. The van der Waals surface area contributed by atoms with Gasteiger partial charge in [0.15, 0.2) is 0 Å². The fourth-order valence-corrected chi connectivity index (χ4v) is 3.19. The summed E-state index contributed by atoms with van der Waals surface area (Å²) in [6.07, 6.45) is 1.86. The van der Waals surface area contributed by atoms with Gasteiger partial charge in [0, 0.05) is 11.1 Å². The van der Waals surface area contributed by atoms with Crippen molar-refractivity contribution in [1.29, 1.82) is 0 Å². The third-order valence-electron chi connectivity index (χ3n) is 3.76. The van der Waals surface area contributed by atoms with Crippen molar-refractivity contribution in [2.75, 3.05) is 14.2 Å². The van der Waals surface area contributed by atoms with Crippen LogP contribution in [-0.4, -0.2) is 22.3 Å². The summed E-state index contributed by atoms with van der Waals surface area (Å²) in [5.41, 5.74) is 10.3. The molecule has 0 amide bonds. The predicted molar refractivity (Wildman–Crippen MR) is 118 cm³/mol. The molecule has 140 valence electrons. The van der Waals surface area contributed by atoms with E-state index in [0.717, 1.165) is 28.0 Å². The van der Waals surface area contributed by atoms with E-state index >= 15 is 0 Å². The predicted octanol–water partition coefficient (Wildman–Crippen LogP) is 6.13. The van der Waals surface area contributed by atoms with Gasteiger partial charge in [-0.05, 0) is 42.8 Å². The largest absolute Gasteiger partial charge is 0.496 e. The van der Waals surface area contributed by atoms with Gasteiger partial charge >= 0.3 is 0 Å². The standard InChI is InChI=1S/C23H25ClO2Si/c1-17-15-18(19(23(16-17)26-3)13-14-27(4,5)6)11-12-21(24)20-9-7-8-10-22(20)25-2/h7-11,15-16H,1-6H3. The Labute approximate surface area is 168 Å². The molecule has 0 aliphatic rings. The zero-order chi connectivity index (χ0) is 20.0. The van der Waals surface area contributed by atoms with Crippen molar-refractivity contribution in [1.82, 2.24) is 0 Å². The molecule has 0 fully saturated rings. The number of benzene rings is 2. The molecule has 0 saturated heterocycles. The van der Waals surface area contributed by atoms with E-state index in [0.29, 0.717) is 10.8 Å². The Balaban J connectivity index is 2.61. The molecule has 0 bridgehead atoms. The van der Waals surface area contributed by atoms with Crippen molar-refractivity contribution in [2.45, 2.75) is 26.6 Å². The quantitative estimate of drug-likeness (QED) is 0.351. The second-order valence-electron chi connectivity index (χ2n) is 7.23. The highest BCUT2D eigenvalue weighted by molar-refractivity contribution is 6.83. The molecule has 0 spiro atoms. The van der Waals surface area contributed by atoms with Crippen molar-refractivity contribution in [3.63, 3.8) is 0 Å². The minimum Gasteiger partial charge on any atom is -0.496 e. The number of rotatable bonds is 4. The normalized spacial score (nSPS) is 10.3. The van der Waals surface area contributed by atoms with Crippen LogP contribution in [0.1, 0.15) is 22.3 Å². The number of methoxy groups -OCH3 is 2. The molecule has 0 radical (unpaired) electrons. The molecule has 2 aromatic rings. The van der Waals surface area contributed by atoms with Gasteiger partial charge in [-0.1, -0.05) is 55.0 Å². The fraction of sp³-hybridized carbons (Fsp3) is 0.261. The third kappa shape index (κ3) is 5.81. The van der Waals surface area contributed by atoms with Crippen LogP contribution in [0.2, 0.25) is 19.6 Å². The maximum absolute atomic E-state index is 6.49. The summed E-state index contributed by atoms with van der Waals surface area (Å²) in [5, 5.41) is 0.483. The second-order valence-corrected chi connectivity index (χ2v) is 12.4. The Hall–Kier alpha value is -2.37. The molecule has 4 heteroatoms. The molecule has 0 saturated carbocycles. The van der Waals surface area contributed by atoms with Gasteiger partial charge in [-0.3, -0.25) is 0 Å². The first-order chi connectivity index (χ1) is 12.7. The lowest BCUT2D eigenvalue weighted by molar-refractivity contribution is 0.413. The maximum atomic E-state index is 6.49. The van der Waals surface area contributed by atoms with Crippen LogP contribution in [0, 0.1) is 18.4 Å². The van der Waals surface area contributed by atoms with E-state index in [-0.39, 0.29) is 0 Å². The second kappa shape index (κ2) is 9.02. The molecule has 0 aliphatic heterocycles. The van der Waals surface area contributed by atoms with E-state index in [1.807, 2.05) is 43.3 Å². The van der Waals surface area contributed by atoms with E-state index in [2.05, 4.69) is 42.9 Å². The van der Waals surface area contributed by atoms with E-state index < -0.39 is 8.07 Å². The first kappa shape index (κ1) is 20.9. The van der Waals surface area contributed by atoms with Crippen LogP contribution in [0.4, 0.5) is 0 Å². The topological polar surface area (TPSA) is 18.5 Å². The zero-order valence-corrected chi connectivity index (χ0v) is 18.5. The molecule has 27 heavy (non-hydrogen) atoms. The SMILES string of the molecule is COc1ccccc1C(Cl)=C=Cc1cc(C)cc(OC)c1C#C[Si](C)(C)C. The molecule has 2 nitrogen and oxygen atoms in total. The minimum atomic E-state index is -1.52. The van der Waals surface area contributed by atoms with Crippen molar-refractivity contribution >= 4 is 30.8 Å². The molecular formula is C23H25ClO2Si. The highest BCUT2D eigenvalue weighted by Crippen LogP contribution is 2.29. The summed E-state index contributed by atoms with van der Waals surface area (Å²) in [5.74, 6) is 4.80. The molecule has 0 heterocycles. The Morgan fingerprint density at radius 3 is 2.33 bits per heavy atom. The lowest BCUT2D eigenvalue weighted by Gasteiger charge is -2.10. The van der Waals surface area contributed by atoms with Crippen LogP contribution in [-0.2, 0) is 0 Å². The van der Waals surface area contributed by atoms with E-state index in [4.69, 9.17) is 21.1 Å². The highest BCUT2D eigenvalue weighted by atomic mass is 35.5. The van der Waals surface area contributed by atoms with Crippen molar-refractivity contribution in [2.24, 2.45) is 0 Å². The average molecular weight is 397 g/mol. The van der Waals surface area contributed by atoms with Gasteiger partial charge in [-0.15, -0.1) is 5.54 Å². The van der Waals surface area contributed by atoms with Gasteiger partial charge in [0.2, 0.25) is 0 Å². The smallest absolute Gasteiger partial charge is 0.135 e. The average Bonchev–Trinajstić information content (AvgIpc) is 2.63. The van der Waals surface area contributed by atoms with Crippen LogP contribution in [0.25, 0.3) is 11.1 Å². The molecule has 0 aromatic heterocycles. The van der Waals surface area contributed by atoms with Gasteiger partial charge in [-0.25, -0.2) is 0 Å². The summed E-state index contributed by atoms with van der Waals surface area (Å²) >= 11 is 6.49. The fourth-order valence-electron chi connectivity index (χ4n) is 2.48. The number of hydrogen-bond acceptors (Lipinski definition) is 2. The Morgan fingerprint density at radius 2 is 1.70 bits per heavy atom. The number of aryl methyl sites for hydroxylation is 1. The minimum absolute atomic E-state index is 0.483. The summed E-state index contributed by atoms with van der Waals surface area (Å²) in [6, 6.07) is 11.7. The molecule has 0 aliphatic carbocycles. The number of para-hydroxylation sites is 1. The van der Waals surface area contributed by atoms with E-state index in [9.17, 15) is 0 Å². The van der Waals surface area contributed by atoms with Gasteiger partial charge in [0.25, 0.3) is 0 Å². The molecule has 0 N–H and O–H groups in total. The maximum Gasteiger partial charge on any atom is 0.135 e. The van der Waals surface area contributed by atoms with Gasteiger partial charge in [0.05, 0.1) is 24.8 Å². The van der Waals surface area contributed by atoms with Gasteiger partial charge < -0.3 is 9.47 Å². The lowest BCUT2D eigenvalue weighted by atomic mass is 10.0. The lowest BCUT2D eigenvalue weighted by Crippen LogP contribution is -2.16. The summed E-state index contributed by atoms with van der Waals surface area (Å²) in [7, 11) is 1.77. The van der Waals surface area contributed by atoms with E-state index in [1.165, 1.54) is 0 Å². The van der Waals surface area contributed by atoms with Gasteiger partial charge in [-0.2, -0.15) is 0 Å². The summed E-state index contributed by atoms with van der Waals surface area (Å²) < 4.78 is 10.9. The zero-order valence-electron chi connectivity index (χ0n) is 16.7. The Morgan fingerprint density at radius 1 is 1.04 bits per heavy atom. The molecule has 2 aromatic carbocycles. The molecule has 2 rings (SSSR count). The van der Waals surface area contributed by atoms with Gasteiger partial charge in [0.1, 0.15) is 19.6 Å². The summed E-state index contributed by atoms with van der Waals surface area (Å²) in [4.78, 5) is 0. The molecular weight excluding hydrogens is 372 g/mol. The number of hydrogen-bond donors (Lipinski definition) is 0. The first-order valence-corrected chi connectivity index (χ1v) is 12.6. The Bertz CT molecular complexity index is 953. The van der Waals surface area contributed by atoms with Crippen molar-refractivity contribution in [3.05, 3.63) is 64.4 Å². The van der Waals surface area contributed by atoms with Crippen molar-refractivity contribution < 1.29 is 9.47 Å². The number of ether oxygens (including phenoxy) is 2. The Kier molecular flexibility index (Phi) is 6.99. The van der Waals surface area contributed by atoms with Crippen LogP contribution in [0.3, 0.4) is 0 Å². The third-order valence-corrected chi connectivity index (χ3v) is 4.94. The van der Waals surface area contributed by atoms with Crippen LogP contribution < -0.4 is 9.47 Å². The molecule has 0 unspecified atom stereocenters. The van der Waals surface area contributed by atoms with Crippen LogP contribution in [0.5, 0.6) is 11.5 Å².